The Morgan fingerprint density at radius 3 is 2.72 bits per heavy atom. The van der Waals surface area contributed by atoms with Gasteiger partial charge < -0.3 is 11.1 Å². The summed E-state index contributed by atoms with van der Waals surface area (Å²) in [5.74, 6) is -0.839. The highest BCUT2D eigenvalue weighted by Gasteiger charge is 2.24. The number of nitrogens with one attached hydrogen (secondary N) is 1. The van der Waals surface area contributed by atoms with E-state index in [9.17, 15) is 9.18 Å². The monoisotopic (exact) mass is 249 g/mol. The summed E-state index contributed by atoms with van der Waals surface area (Å²) in [6.07, 6.45) is 0. The number of nitrogens with two attached hydrogens (primary N) is 1. The highest BCUT2D eigenvalue weighted by atomic mass is 19.1. The quantitative estimate of drug-likeness (QED) is 0.825. The lowest BCUT2D eigenvalue weighted by atomic mass is 9.93. The zero-order chi connectivity index (χ0) is 13.8. The molecule has 0 aliphatic heterocycles. The smallest absolute Gasteiger partial charge is 0.224 e. The van der Waals surface area contributed by atoms with Gasteiger partial charge in [-0.1, -0.05) is 6.07 Å². The molecule has 0 aliphatic rings. The number of primary amides is 1. The highest BCUT2D eigenvalue weighted by Crippen LogP contribution is 2.13. The molecule has 0 aliphatic carbocycles. The molecule has 4 nitrogen and oxygen atoms in total. The van der Waals surface area contributed by atoms with Gasteiger partial charge in [-0.25, -0.2) is 4.39 Å². The van der Waals surface area contributed by atoms with E-state index in [2.05, 4.69) is 5.32 Å². The first kappa shape index (κ1) is 14.1. The van der Waals surface area contributed by atoms with Gasteiger partial charge in [0.25, 0.3) is 0 Å². The molecule has 0 radical (unpaired) electrons. The molecule has 0 heterocycles. The maximum atomic E-state index is 13.5. The first-order chi connectivity index (χ1) is 8.36. The van der Waals surface area contributed by atoms with E-state index in [4.69, 9.17) is 11.0 Å². The van der Waals surface area contributed by atoms with Crippen LogP contribution in [-0.4, -0.2) is 12.5 Å². The van der Waals surface area contributed by atoms with Crippen molar-refractivity contribution >= 4 is 5.91 Å². The number of benzene rings is 1. The number of nitriles is 1. The number of nitrogens with zero attached hydrogens (tertiary/aromatic N) is 1. The average Bonchev–Trinajstić information content (AvgIpc) is 2.30. The van der Waals surface area contributed by atoms with Crippen LogP contribution in [0.3, 0.4) is 0 Å². The molecule has 0 saturated heterocycles. The van der Waals surface area contributed by atoms with Gasteiger partial charge in [0.2, 0.25) is 5.91 Å². The molecule has 96 valence electrons. The molecule has 5 heteroatoms. The van der Waals surface area contributed by atoms with Crippen molar-refractivity contribution in [1.82, 2.24) is 5.32 Å². The molecule has 1 aromatic rings. The molecule has 3 N–H and O–H groups in total. The number of rotatable bonds is 5. The first-order valence-corrected chi connectivity index (χ1v) is 5.56. The van der Waals surface area contributed by atoms with Crippen molar-refractivity contribution in [2.45, 2.75) is 20.4 Å². The third kappa shape index (κ3) is 3.54. The molecule has 0 fully saturated rings. The minimum Gasteiger partial charge on any atom is -0.369 e. The molecule has 0 saturated carbocycles. The van der Waals surface area contributed by atoms with Gasteiger partial charge in [-0.2, -0.15) is 5.26 Å². The van der Waals surface area contributed by atoms with Crippen molar-refractivity contribution in [3.63, 3.8) is 0 Å². The minimum atomic E-state index is -0.678. The summed E-state index contributed by atoms with van der Waals surface area (Å²) in [7, 11) is 0. The van der Waals surface area contributed by atoms with E-state index in [1.165, 1.54) is 6.07 Å². The summed E-state index contributed by atoms with van der Waals surface area (Å²) in [5, 5.41) is 11.6. The van der Waals surface area contributed by atoms with Crippen molar-refractivity contribution in [2.75, 3.05) is 6.54 Å². The van der Waals surface area contributed by atoms with E-state index in [0.717, 1.165) is 0 Å². The van der Waals surface area contributed by atoms with Gasteiger partial charge in [-0.3, -0.25) is 4.79 Å². The number of carbonyl (C=O) groups excluding carboxylic acids is 1. The molecule has 18 heavy (non-hydrogen) atoms. The van der Waals surface area contributed by atoms with E-state index in [-0.39, 0.29) is 12.1 Å². The second-order valence-corrected chi connectivity index (χ2v) is 4.77. The van der Waals surface area contributed by atoms with Gasteiger partial charge in [0.1, 0.15) is 5.82 Å². The minimum absolute atomic E-state index is 0.286. The normalized spacial score (nSPS) is 11.0. The van der Waals surface area contributed by atoms with Crippen LogP contribution in [0.1, 0.15) is 25.0 Å². The van der Waals surface area contributed by atoms with Crippen LogP contribution in [-0.2, 0) is 11.3 Å². The van der Waals surface area contributed by atoms with Crippen molar-refractivity contribution in [3.8, 4) is 6.07 Å². The number of hydrogen-bond donors (Lipinski definition) is 2. The third-order valence-electron chi connectivity index (χ3n) is 2.73. The summed E-state index contributed by atoms with van der Waals surface area (Å²) < 4.78 is 13.5. The lowest BCUT2D eigenvalue weighted by molar-refractivity contribution is -0.125. The van der Waals surface area contributed by atoms with E-state index >= 15 is 0 Å². The number of amides is 1. The summed E-state index contributed by atoms with van der Waals surface area (Å²) in [6, 6.07) is 6.17. The van der Waals surface area contributed by atoms with Gasteiger partial charge in [0.05, 0.1) is 17.0 Å². The Labute approximate surface area is 106 Å². The van der Waals surface area contributed by atoms with Crippen LogP contribution in [0.15, 0.2) is 18.2 Å². The summed E-state index contributed by atoms with van der Waals surface area (Å²) in [6.45, 7) is 4.09. The van der Waals surface area contributed by atoms with Crippen LogP contribution >= 0.6 is 0 Å². The molecule has 1 amide bonds. The van der Waals surface area contributed by atoms with Gasteiger partial charge in [0, 0.05) is 18.7 Å². The second kappa shape index (κ2) is 5.61. The molecule has 0 atom stereocenters. The van der Waals surface area contributed by atoms with Gasteiger partial charge in [-0.15, -0.1) is 0 Å². The van der Waals surface area contributed by atoms with E-state index in [1.54, 1.807) is 26.0 Å². The number of hydrogen-bond acceptors (Lipinski definition) is 3. The predicted molar refractivity (Wildman–Crippen MR) is 65.8 cm³/mol. The molecule has 0 aromatic heterocycles. The van der Waals surface area contributed by atoms with Crippen molar-refractivity contribution in [2.24, 2.45) is 11.1 Å². The molecule has 1 aromatic carbocycles. The fourth-order valence-corrected chi connectivity index (χ4v) is 1.36. The zero-order valence-electron chi connectivity index (χ0n) is 10.5. The maximum absolute atomic E-state index is 13.5. The molecule has 0 spiro atoms. The van der Waals surface area contributed by atoms with Crippen LogP contribution < -0.4 is 11.1 Å². The lowest BCUT2D eigenvalue weighted by Crippen LogP contribution is -2.40. The zero-order valence-corrected chi connectivity index (χ0v) is 10.5. The van der Waals surface area contributed by atoms with Gasteiger partial charge >= 0.3 is 0 Å². The summed E-state index contributed by atoms with van der Waals surface area (Å²) in [4.78, 5) is 11.1. The van der Waals surface area contributed by atoms with Crippen LogP contribution in [0, 0.1) is 22.6 Å². The largest absolute Gasteiger partial charge is 0.369 e. The first-order valence-electron chi connectivity index (χ1n) is 5.56. The molecular weight excluding hydrogens is 233 g/mol. The van der Waals surface area contributed by atoms with Crippen LogP contribution in [0.2, 0.25) is 0 Å². The molecular formula is C13H16FN3O. The molecule has 0 unspecified atom stereocenters. The molecule has 0 bridgehead atoms. The summed E-state index contributed by atoms with van der Waals surface area (Å²) in [5.41, 5.74) is 5.29. The summed E-state index contributed by atoms with van der Waals surface area (Å²) >= 11 is 0. The van der Waals surface area contributed by atoms with Gasteiger partial charge in [-0.05, 0) is 26.0 Å². The molecule has 1 rings (SSSR count). The fourth-order valence-electron chi connectivity index (χ4n) is 1.36. The SMILES string of the molecule is CC(C)(CNCc1ccc(C#N)cc1F)C(N)=O. The van der Waals surface area contributed by atoms with Crippen molar-refractivity contribution in [3.05, 3.63) is 35.1 Å². The Morgan fingerprint density at radius 2 is 2.22 bits per heavy atom. The highest BCUT2D eigenvalue weighted by molar-refractivity contribution is 5.80. The Balaban J connectivity index is 2.60. The van der Waals surface area contributed by atoms with Crippen LogP contribution in [0.25, 0.3) is 0 Å². The Kier molecular flexibility index (Phi) is 4.40. The van der Waals surface area contributed by atoms with Gasteiger partial charge in [0.15, 0.2) is 0 Å². The average molecular weight is 249 g/mol. The lowest BCUT2D eigenvalue weighted by Gasteiger charge is -2.20. The number of carbonyl (C=O) groups is 1. The van der Waals surface area contributed by atoms with E-state index in [0.29, 0.717) is 12.1 Å². The van der Waals surface area contributed by atoms with Crippen molar-refractivity contribution < 1.29 is 9.18 Å². The Bertz CT molecular complexity index is 491. The third-order valence-corrected chi connectivity index (χ3v) is 2.73. The Morgan fingerprint density at radius 1 is 1.56 bits per heavy atom. The van der Waals surface area contributed by atoms with Crippen LogP contribution in [0.5, 0.6) is 0 Å². The fraction of sp³-hybridized carbons (Fsp3) is 0.385. The maximum Gasteiger partial charge on any atom is 0.224 e. The van der Waals surface area contributed by atoms with E-state index < -0.39 is 17.1 Å². The topological polar surface area (TPSA) is 78.9 Å². The van der Waals surface area contributed by atoms with E-state index in [1.807, 2.05) is 6.07 Å². The second-order valence-electron chi connectivity index (χ2n) is 4.77. The standard InChI is InChI=1S/C13H16FN3O/c1-13(2,12(16)18)8-17-7-10-4-3-9(6-15)5-11(10)14/h3-5,17H,7-8H2,1-2H3,(H2,16,18). The number of halogens is 1. The van der Waals surface area contributed by atoms with Crippen molar-refractivity contribution in [1.29, 1.82) is 5.26 Å². The predicted octanol–water partition coefficient (Wildman–Crippen LogP) is 1.30. The van der Waals surface area contributed by atoms with Crippen LogP contribution in [0.4, 0.5) is 4.39 Å². The Hall–Kier alpha value is -1.93.